The fraction of sp³-hybridized carbons (Fsp3) is 0.714. The number of aldehydes is 1. The largest absolute Gasteiger partial charge is 0.375 e. The summed E-state index contributed by atoms with van der Waals surface area (Å²) >= 11 is 1.50. The number of aromatic nitrogens is 1. The van der Waals surface area contributed by atoms with Crippen LogP contribution >= 0.6 is 11.3 Å². The summed E-state index contributed by atoms with van der Waals surface area (Å²) in [5.74, 6) is 0. The molecule has 0 amide bonds. The number of ether oxygens (including phenoxy) is 1. The Morgan fingerprint density at radius 1 is 1.53 bits per heavy atom. The highest BCUT2D eigenvalue weighted by Gasteiger charge is 2.27. The highest BCUT2D eigenvalue weighted by molar-refractivity contribution is 7.17. The fourth-order valence-electron chi connectivity index (χ4n) is 2.21. The third kappa shape index (κ3) is 3.15. The van der Waals surface area contributed by atoms with E-state index in [2.05, 4.69) is 32.6 Å². The molecule has 0 spiro atoms. The van der Waals surface area contributed by atoms with Gasteiger partial charge in [-0.15, -0.1) is 0 Å². The van der Waals surface area contributed by atoms with Gasteiger partial charge >= 0.3 is 0 Å². The van der Waals surface area contributed by atoms with Crippen molar-refractivity contribution in [3.8, 4) is 0 Å². The van der Waals surface area contributed by atoms with Gasteiger partial charge in [0.05, 0.1) is 23.3 Å². The van der Waals surface area contributed by atoms with Crippen molar-refractivity contribution in [2.75, 3.05) is 24.6 Å². The van der Waals surface area contributed by atoms with Gasteiger partial charge in [0.15, 0.2) is 11.4 Å². The number of thiazole rings is 1. The zero-order chi connectivity index (χ0) is 14.0. The minimum Gasteiger partial charge on any atom is -0.375 e. The fourth-order valence-corrected chi connectivity index (χ4v) is 3.34. The Kier molecular flexibility index (Phi) is 4.26. The Balaban J connectivity index is 2.25. The van der Waals surface area contributed by atoms with Crippen LogP contribution in [0.2, 0.25) is 0 Å². The number of rotatable bonds is 3. The summed E-state index contributed by atoms with van der Waals surface area (Å²) in [5, 5.41) is 0.953. The van der Waals surface area contributed by atoms with Gasteiger partial charge in [0.2, 0.25) is 0 Å². The molecule has 1 saturated heterocycles. The lowest BCUT2D eigenvalue weighted by molar-refractivity contribution is 0.0384. The van der Waals surface area contributed by atoms with Crippen molar-refractivity contribution >= 4 is 22.8 Å². The summed E-state index contributed by atoms with van der Waals surface area (Å²) in [6.07, 6.45) is 2.21. The van der Waals surface area contributed by atoms with Gasteiger partial charge in [-0.05, 0) is 6.42 Å². The molecular weight excluding hydrogens is 260 g/mol. The monoisotopic (exact) mass is 282 g/mol. The van der Waals surface area contributed by atoms with Crippen molar-refractivity contribution < 1.29 is 9.53 Å². The van der Waals surface area contributed by atoms with E-state index in [0.717, 1.165) is 48.1 Å². The molecule has 2 heterocycles. The number of morpholine rings is 1. The molecule has 1 fully saturated rings. The van der Waals surface area contributed by atoms with Gasteiger partial charge in [-0.1, -0.05) is 39.0 Å². The number of hydrogen-bond donors (Lipinski definition) is 0. The van der Waals surface area contributed by atoms with Crippen LogP contribution in [0.25, 0.3) is 0 Å². The summed E-state index contributed by atoms with van der Waals surface area (Å²) in [4.78, 5) is 18.9. The third-order valence-corrected chi connectivity index (χ3v) is 4.37. The smallest absolute Gasteiger partial charge is 0.186 e. The zero-order valence-corrected chi connectivity index (χ0v) is 12.9. The van der Waals surface area contributed by atoms with Crippen LogP contribution in [0.4, 0.5) is 5.13 Å². The van der Waals surface area contributed by atoms with Crippen molar-refractivity contribution in [2.24, 2.45) is 0 Å². The molecule has 19 heavy (non-hydrogen) atoms. The third-order valence-electron chi connectivity index (χ3n) is 3.32. The van der Waals surface area contributed by atoms with Crippen LogP contribution in [0.1, 0.15) is 49.5 Å². The molecule has 1 aromatic rings. The molecule has 5 heteroatoms. The quantitative estimate of drug-likeness (QED) is 0.800. The van der Waals surface area contributed by atoms with E-state index < -0.39 is 0 Å². The van der Waals surface area contributed by atoms with Gasteiger partial charge in [-0.3, -0.25) is 4.79 Å². The van der Waals surface area contributed by atoms with Gasteiger partial charge in [0.25, 0.3) is 0 Å². The number of nitrogens with zero attached hydrogens (tertiary/aromatic N) is 2. The normalized spacial score (nSPS) is 20.6. The minimum atomic E-state index is -0.0958. The van der Waals surface area contributed by atoms with E-state index in [9.17, 15) is 4.79 Å². The second-order valence-corrected chi connectivity index (χ2v) is 6.93. The van der Waals surface area contributed by atoms with E-state index in [4.69, 9.17) is 9.72 Å². The summed E-state index contributed by atoms with van der Waals surface area (Å²) in [6.45, 7) is 10.9. The Bertz CT molecular complexity index is 451. The van der Waals surface area contributed by atoms with E-state index >= 15 is 0 Å². The molecule has 0 N–H and O–H groups in total. The Hall–Kier alpha value is -0.940. The first kappa shape index (κ1) is 14.5. The lowest BCUT2D eigenvalue weighted by Crippen LogP contribution is -2.42. The summed E-state index contributed by atoms with van der Waals surface area (Å²) in [5.41, 5.74) is 0.809. The molecule has 1 unspecified atom stereocenters. The van der Waals surface area contributed by atoms with Crippen LogP contribution in [0.5, 0.6) is 0 Å². The van der Waals surface area contributed by atoms with E-state index in [1.807, 2.05) is 0 Å². The number of anilines is 1. The molecule has 0 bridgehead atoms. The minimum absolute atomic E-state index is 0.0958. The van der Waals surface area contributed by atoms with Crippen LogP contribution in [0.3, 0.4) is 0 Å². The van der Waals surface area contributed by atoms with Gasteiger partial charge < -0.3 is 9.64 Å². The average Bonchev–Trinajstić information content (AvgIpc) is 2.83. The van der Waals surface area contributed by atoms with Crippen LogP contribution in [-0.4, -0.2) is 37.1 Å². The highest BCUT2D eigenvalue weighted by atomic mass is 32.1. The summed E-state index contributed by atoms with van der Waals surface area (Å²) in [6, 6.07) is 0. The van der Waals surface area contributed by atoms with Crippen molar-refractivity contribution in [1.82, 2.24) is 4.98 Å². The van der Waals surface area contributed by atoms with E-state index in [0.29, 0.717) is 0 Å². The average molecular weight is 282 g/mol. The van der Waals surface area contributed by atoms with Crippen LogP contribution < -0.4 is 4.90 Å². The molecule has 1 atom stereocenters. The van der Waals surface area contributed by atoms with Crippen molar-refractivity contribution in [2.45, 2.75) is 45.6 Å². The van der Waals surface area contributed by atoms with Crippen LogP contribution in [-0.2, 0) is 10.2 Å². The molecule has 0 aromatic carbocycles. The molecular formula is C14H22N2O2S. The van der Waals surface area contributed by atoms with E-state index in [-0.39, 0.29) is 11.5 Å². The van der Waals surface area contributed by atoms with Crippen molar-refractivity contribution in [3.63, 3.8) is 0 Å². The predicted octanol–water partition coefficient (Wildman–Crippen LogP) is 2.87. The molecule has 1 aliphatic rings. The first-order valence-electron chi connectivity index (χ1n) is 6.78. The maximum absolute atomic E-state index is 11.2. The van der Waals surface area contributed by atoms with Crippen molar-refractivity contribution in [1.29, 1.82) is 0 Å². The molecule has 1 aliphatic heterocycles. The van der Waals surface area contributed by atoms with Gasteiger partial charge in [-0.25, -0.2) is 4.98 Å². The maximum atomic E-state index is 11.2. The summed E-state index contributed by atoms with van der Waals surface area (Å²) < 4.78 is 5.68. The SMILES string of the molecule is CCC1CN(c2nc(C(C)(C)C)c(C=O)s2)CCO1. The Morgan fingerprint density at radius 3 is 2.79 bits per heavy atom. The first-order valence-corrected chi connectivity index (χ1v) is 7.60. The van der Waals surface area contributed by atoms with Gasteiger partial charge in [0, 0.05) is 18.5 Å². The summed E-state index contributed by atoms with van der Waals surface area (Å²) in [7, 11) is 0. The predicted molar refractivity (Wildman–Crippen MR) is 78.4 cm³/mol. The topological polar surface area (TPSA) is 42.4 Å². The number of carbonyl (C=O) groups is 1. The lowest BCUT2D eigenvalue weighted by Gasteiger charge is -2.32. The van der Waals surface area contributed by atoms with Gasteiger partial charge in [-0.2, -0.15) is 0 Å². The van der Waals surface area contributed by atoms with Gasteiger partial charge in [0.1, 0.15) is 0 Å². The molecule has 2 rings (SSSR count). The molecule has 0 radical (unpaired) electrons. The van der Waals surface area contributed by atoms with Crippen LogP contribution in [0, 0.1) is 0 Å². The second-order valence-electron chi connectivity index (χ2n) is 5.92. The number of hydrogen-bond acceptors (Lipinski definition) is 5. The lowest BCUT2D eigenvalue weighted by atomic mass is 9.91. The van der Waals surface area contributed by atoms with E-state index in [1.165, 1.54) is 11.3 Å². The molecule has 4 nitrogen and oxygen atoms in total. The molecule has 106 valence electrons. The Labute approximate surface area is 118 Å². The van der Waals surface area contributed by atoms with Crippen molar-refractivity contribution in [3.05, 3.63) is 10.6 Å². The maximum Gasteiger partial charge on any atom is 0.186 e. The second kappa shape index (κ2) is 5.59. The molecule has 1 aromatic heterocycles. The zero-order valence-electron chi connectivity index (χ0n) is 12.1. The number of carbonyl (C=O) groups excluding carboxylic acids is 1. The standard InChI is InChI=1S/C14H22N2O2S/c1-5-10-8-16(6-7-18-10)13-15-12(14(2,3)4)11(9-17)19-13/h9-10H,5-8H2,1-4H3. The highest BCUT2D eigenvalue weighted by Crippen LogP contribution is 2.33. The van der Waals surface area contributed by atoms with Crippen LogP contribution in [0.15, 0.2) is 0 Å². The molecule has 0 aliphatic carbocycles. The first-order chi connectivity index (χ1) is 8.95. The molecule has 0 saturated carbocycles. The van der Waals surface area contributed by atoms with E-state index in [1.54, 1.807) is 0 Å². The Morgan fingerprint density at radius 2 is 2.26 bits per heavy atom.